The SMILES string of the molecule is Cc1cc(C(=O)CN2C3CCC2[C@@H](O)C3)c(C)n1-c1cc(F)c(Cl)c(F)c1. The first kappa shape index (κ1) is 18.6. The van der Waals surface area contributed by atoms with Crippen LogP contribution in [0, 0.1) is 25.5 Å². The fraction of sp³-hybridized carbons (Fsp3) is 0.450. The molecule has 1 N–H and O–H groups in total. The summed E-state index contributed by atoms with van der Waals surface area (Å²) in [6.07, 6.45) is 2.29. The number of rotatable bonds is 4. The molecule has 2 aromatic rings. The summed E-state index contributed by atoms with van der Waals surface area (Å²) in [6.45, 7) is 3.80. The summed E-state index contributed by atoms with van der Waals surface area (Å²) in [6, 6.07) is 4.39. The highest BCUT2D eigenvalue weighted by molar-refractivity contribution is 6.30. The van der Waals surface area contributed by atoms with Crippen LogP contribution in [-0.4, -0.2) is 45.1 Å². The molecule has 2 aliphatic rings. The molecule has 0 radical (unpaired) electrons. The van der Waals surface area contributed by atoms with Crippen molar-refractivity contribution < 1.29 is 18.7 Å². The van der Waals surface area contributed by atoms with Crippen molar-refractivity contribution in [2.24, 2.45) is 0 Å². The van der Waals surface area contributed by atoms with Crippen LogP contribution in [0.1, 0.15) is 41.0 Å². The average Bonchev–Trinajstić information content (AvgIpc) is 3.22. The minimum absolute atomic E-state index is 0.0461. The van der Waals surface area contributed by atoms with E-state index >= 15 is 0 Å². The van der Waals surface area contributed by atoms with Gasteiger partial charge in [0.05, 0.1) is 18.3 Å². The molecule has 0 amide bonds. The van der Waals surface area contributed by atoms with E-state index in [1.54, 1.807) is 24.5 Å². The number of ketones is 1. The van der Waals surface area contributed by atoms with E-state index in [-0.39, 0.29) is 30.5 Å². The zero-order chi connectivity index (χ0) is 19.5. The van der Waals surface area contributed by atoms with Crippen LogP contribution >= 0.6 is 11.6 Å². The number of aromatic nitrogens is 1. The van der Waals surface area contributed by atoms with Gasteiger partial charge in [-0.25, -0.2) is 8.78 Å². The Balaban J connectivity index is 1.64. The van der Waals surface area contributed by atoms with Gasteiger partial charge in [-0.3, -0.25) is 9.69 Å². The van der Waals surface area contributed by atoms with Gasteiger partial charge in [-0.1, -0.05) is 11.6 Å². The minimum Gasteiger partial charge on any atom is -0.391 e. The van der Waals surface area contributed by atoms with Gasteiger partial charge in [-0.05, 0) is 51.3 Å². The largest absolute Gasteiger partial charge is 0.391 e. The highest BCUT2D eigenvalue weighted by Gasteiger charge is 2.46. The number of hydrogen-bond donors (Lipinski definition) is 1. The van der Waals surface area contributed by atoms with Gasteiger partial charge in [0.1, 0.15) is 16.7 Å². The van der Waals surface area contributed by atoms with Gasteiger partial charge in [-0.15, -0.1) is 0 Å². The lowest BCUT2D eigenvalue weighted by atomic mass is 9.98. The van der Waals surface area contributed by atoms with E-state index < -0.39 is 16.7 Å². The number of aliphatic hydroxyl groups is 1. The number of aryl methyl sites for hydroxylation is 1. The molecule has 3 heterocycles. The number of Topliss-reactive ketones (excluding diaryl/α,β-unsaturated/α-hetero) is 1. The summed E-state index contributed by atoms with van der Waals surface area (Å²) in [5.41, 5.74) is 2.16. The Morgan fingerprint density at radius 2 is 1.89 bits per heavy atom. The molecule has 0 saturated carbocycles. The molecule has 1 aromatic heterocycles. The van der Waals surface area contributed by atoms with E-state index in [9.17, 15) is 18.7 Å². The molecule has 2 fully saturated rings. The van der Waals surface area contributed by atoms with E-state index in [1.807, 2.05) is 0 Å². The maximum Gasteiger partial charge on any atom is 0.178 e. The van der Waals surface area contributed by atoms with Crippen molar-refractivity contribution in [1.29, 1.82) is 0 Å². The van der Waals surface area contributed by atoms with Crippen LogP contribution in [-0.2, 0) is 0 Å². The van der Waals surface area contributed by atoms with E-state index in [0.717, 1.165) is 31.4 Å². The van der Waals surface area contributed by atoms with E-state index in [1.165, 1.54) is 0 Å². The molecule has 0 spiro atoms. The molecule has 2 aliphatic heterocycles. The molecule has 1 aromatic carbocycles. The quantitative estimate of drug-likeness (QED) is 0.633. The van der Waals surface area contributed by atoms with Crippen molar-refractivity contribution in [2.45, 2.75) is 51.3 Å². The lowest BCUT2D eigenvalue weighted by Crippen LogP contribution is -2.36. The summed E-state index contributed by atoms with van der Waals surface area (Å²) in [4.78, 5) is 15.0. The summed E-state index contributed by atoms with van der Waals surface area (Å²) in [5.74, 6) is -1.72. The zero-order valence-corrected chi connectivity index (χ0v) is 15.9. The number of halogens is 3. The summed E-state index contributed by atoms with van der Waals surface area (Å²) in [7, 11) is 0. The Kier molecular flexibility index (Phi) is 4.61. The van der Waals surface area contributed by atoms with Crippen molar-refractivity contribution in [2.75, 3.05) is 6.54 Å². The zero-order valence-electron chi connectivity index (χ0n) is 15.2. The lowest BCUT2D eigenvalue weighted by Gasteiger charge is -2.21. The fourth-order valence-corrected chi connectivity index (χ4v) is 4.79. The molecule has 2 unspecified atom stereocenters. The van der Waals surface area contributed by atoms with Crippen molar-refractivity contribution in [3.05, 3.63) is 51.8 Å². The molecule has 27 heavy (non-hydrogen) atoms. The maximum absolute atomic E-state index is 13.9. The molecular formula is C20H21ClF2N2O2. The van der Waals surface area contributed by atoms with Crippen LogP contribution < -0.4 is 0 Å². The van der Waals surface area contributed by atoms with Crippen molar-refractivity contribution in [3.63, 3.8) is 0 Å². The Bertz CT molecular complexity index is 904. The number of benzene rings is 1. The predicted octanol–water partition coefficient (Wildman–Crippen LogP) is 3.81. The third-order valence-corrected chi connectivity index (χ3v) is 6.29. The van der Waals surface area contributed by atoms with Crippen LogP contribution in [0.5, 0.6) is 0 Å². The highest BCUT2D eigenvalue weighted by atomic mass is 35.5. The van der Waals surface area contributed by atoms with Gasteiger partial charge < -0.3 is 9.67 Å². The summed E-state index contributed by atoms with van der Waals surface area (Å²) < 4.78 is 29.4. The van der Waals surface area contributed by atoms with E-state index in [4.69, 9.17) is 11.6 Å². The predicted molar refractivity (Wildman–Crippen MR) is 98.6 cm³/mol. The lowest BCUT2D eigenvalue weighted by molar-refractivity contribution is 0.0873. The molecule has 4 nitrogen and oxygen atoms in total. The molecule has 7 heteroatoms. The number of hydrogen-bond acceptors (Lipinski definition) is 3. The van der Waals surface area contributed by atoms with Crippen LogP contribution in [0.25, 0.3) is 5.69 Å². The molecule has 4 rings (SSSR count). The second-order valence-electron chi connectivity index (χ2n) is 7.54. The Morgan fingerprint density at radius 3 is 2.44 bits per heavy atom. The first-order valence-electron chi connectivity index (χ1n) is 9.08. The van der Waals surface area contributed by atoms with E-state index in [0.29, 0.717) is 22.6 Å². The monoisotopic (exact) mass is 394 g/mol. The Labute approximate surface area is 161 Å². The molecule has 3 atom stereocenters. The standard InChI is InChI=1S/C20H21ClF2N2O2/c1-10-5-14(19(27)9-24-12-3-4-17(24)18(26)8-12)11(2)25(10)13-6-15(22)20(21)16(23)7-13/h5-7,12,17-18,26H,3-4,8-9H2,1-2H3/t12?,17?,18-/m0/s1. The average molecular weight is 395 g/mol. The van der Waals surface area contributed by atoms with Gasteiger partial charge in [0, 0.05) is 29.0 Å². The smallest absolute Gasteiger partial charge is 0.178 e. The van der Waals surface area contributed by atoms with Crippen LogP contribution in [0.2, 0.25) is 5.02 Å². The van der Waals surface area contributed by atoms with Gasteiger partial charge in [0.25, 0.3) is 0 Å². The molecule has 2 saturated heterocycles. The first-order chi connectivity index (χ1) is 12.8. The summed E-state index contributed by atoms with van der Waals surface area (Å²) in [5, 5.41) is 9.52. The Morgan fingerprint density at radius 1 is 1.22 bits per heavy atom. The number of fused-ring (bicyclic) bond motifs is 2. The topological polar surface area (TPSA) is 45.5 Å². The fourth-order valence-electron chi connectivity index (χ4n) is 4.68. The normalized spacial score (nSPS) is 24.7. The molecular weight excluding hydrogens is 374 g/mol. The van der Waals surface area contributed by atoms with E-state index in [2.05, 4.69) is 4.90 Å². The second-order valence-corrected chi connectivity index (χ2v) is 7.92. The van der Waals surface area contributed by atoms with Crippen LogP contribution in [0.4, 0.5) is 8.78 Å². The van der Waals surface area contributed by atoms with Crippen molar-refractivity contribution in [3.8, 4) is 5.69 Å². The first-order valence-corrected chi connectivity index (χ1v) is 9.46. The number of carbonyl (C=O) groups excluding carboxylic acids is 1. The van der Waals surface area contributed by atoms with Gasteiger partial charge in [-0.2, -0.15) is 0 Å². The van der Waals surface area contributed by atoms with Crippen LogP contribution in [0.15, 0.2) is 18.2 Å². The summed E-state index contributed by atoms with van der Waals surface area (Å²) >= 11 is 5.57. The number of aliphatic hydroxyl groups excluding tert-OH is 1. The van der Waals surface area contributed by atoms with Crippen molar-refractivity contribution in [1.82, 2.24) is 9.47 Å². The highest BCUT2D eigenvalue weighted by Crippen LogP contribution is 2.38. The van der Waals surface area contributed by atoms with Gasteiger partial charge in [0.2, 0.25) is 0 Å². The third-order valence-electron chi connectivity index (χ3n) is 5.93. The second kappa shape index (κ2) is 6.69. The number of nitrogens with zero attached hydrogens (tertiary/aromatic N) is 2. The maximum atomic E-state index is 13.9. The third kappa shape index (κ3) is 3.00. The van der Waals surface area contributed by atoms with Gasteiger partial charge >= 0.3 is 0 Å². The molecule has 144 valence electrons. The molecule has 2 bridgehead atoms. The Hall–Kier alpha value is -1.76. The van der Waals surface area contributed by atoms with Gasteiger partial charge in [0.15, 0.2) is 5.78 Å². The minimum atomic E-state index is -0.838. The van der Waals surface area contributed by atoms with Crippen molar-refractivity contribution >= 4 is 17.4 Å². The number of carbonyl (C=O) groups is 1. The van der Waals surface area contributed by atoms with Crippen LogP contribution in [0.3, 0.4) is 0 Å². The molecule has 0 aliphatic carbocycles.